The van der Waals surface area contributed by atoms with Gasteiger partial charge in [0.15, 0.2) is 6.04 Å². The van der Waals surface area contributed by atoms with Crippen LogP contribution < -0.4 is 0 Å². The molecule has 11 heteroatoms. The number of hydrogen-bond donors (Lipinski definition) is 0. The minimum atomic E-state index is -1.36. The topological polar surface area (TPSA) is 144 Å². The predicted molar refractivity (Wildman–Crippen MR) is 112 cm³/mol. The van der Waals surface area contributed by atoms with E-state index in [2.05, 4.69) is 4.99 Å². The van der Waals surface area contributed by atoms with Crippen LogP contribution in [-0.2, 0) is 47.7 Å². The first-order valence-electron chi connectivity index (χ1n) is 10.7. The zero-order chi connectivity index (χ0) is 24.9. The highest BCUT2D eigenvalue weighted by atomic mass is 16.5. The molecular formula is C23H25NO10. The fraction of sp³-hybridized carbons (Fsp3) is 0.565. The van der Waals surface area contributed by atoms with E-state index in [0.29, 0.717) is 11.1 Å². The molecule has 0 aromatic heterocycles. The number of fused-ring (bicyclic) bond motifs is 1. The minimum absolute atomic E-state index is 0.103. The second-order valence-corrected chi connectivity index (χ2v) is 8.50. The molecule has 0 saturated heterocycles. The van der Waals surface area contributed by atoms with Gasteiger partial charge < -0.3 is 23.7 Å². The van der Waals surface area contributed by atoms with Gasteiger partial charge in [-0.3, -0.25) is 19.4 Å². The van der Waals surface area contributed by atoms with Crippen LogP contribution in [0, 0.1) is 41.4 Å². The third kappa shape index (κ3) is 3.09. The summed E-state index contributed by atoms with van der Waals surface area (Å²) < 4.78 is 24.7. The number of dihydropyridines is 1. The van der Waals surface area contributed by atoms with E-state index >= 15 is 0 Å². The van der Waals surface area contributed by atoms with Crippen molar-refractivity contribution >= 4 is 35.6 Å². The molecule has 1 heterocycles. The van der Waals surface area contributed by atoms with Gasteiger partial charge in [0.1, 0.15) is 11.6 Å². The summed E-state index contributed by atoms with van der Waals surface area (Å²) in [5.41, 5.74) is 0.802. The van der Waals surface area contributed by atoms with Crippen LogP contribution in [0.25, 0.3) is 0 Å². The second-order valence-electron chi connectivity index (χ2n) is 8.50. The number of rotatable bonds is 5. The molecule has 0 amide bonds. The maximum atomic E-state index is 12.9. The van der Waals surface area contributed by atoms with Crippen molar-refractivity contribution in [1.29, 1.82) is 0 Å². The summed E-state index contributed by atoms with van der Waals surface area (Å²) in [6.07, 6.45) is 3.65. The van der Waals surface area contributed by atoms with Crippen molar-refractivity contribution in [3.8, 4) is 0 Å². The first kappa shape index (κ1) is 23.7. The molecule has 1 saturated carbocycles. The largest absolute Gasteiger partial charge is 0.469 e. The number of carbonyl (C=O) groups excluding carboxylic acids is 5. The summed E-state index contributed by atoms with van der Waals surface area (Å²) in [5.74, 6) is -8.25. The standard InChI is InChI=1S/C23H25NO10/c1-30-19(25)12-8-6-7-9(13(12)20(26)31-2)11-10(8)14-15(11)17(22(28)33-4)24-18(23(29)34-5)16(14)21(27)32-3/h6-13,16,18H,1-5H3. The number of carbonyl (C=O) groups is 5. The number of hydrogen-bond acceptors (Lipinski definition) is 11. The van der Waals surface area contributed by atoms with Crippen LogP contribution in [0.15, 0.2) is 28.3 Å². The normalized spacial score (nSPS) is 34.6. The van der Waals surface area contributed by atoms with Gasteiger partial charge in [0, 0.05) is 5.92 Å². The lowest BCUT2D eigenvalue weighted by Crippen LogP contribution is -2.63. The van der Waals surface area contributed by atoms with Gasteiger partial charge in [-0.1, -0.05) is 12.2 Å². The highest BCUT2D eigenvalue weighted by Gasteiger charge is 2.67. The van der Waals surface area contributed by atoms with Crippen LogP contribution in [0.3, 0.4) is 0 Å². The number of ether oxygens (including phenoxy) is 5. The number of nitrogens with zero attached hydrogens (tertiary/aromatic N) is 1. The fourth-order valence-corrected chi connectivity index (χ4v) is 6.14. The van der Waals surface area contributed by atoms with Crippen molar-refractivity contribution in [2.75, 3.05) is 35.5 Å². The van der Waals surface area contributed by atoms with Gasteiger partial charge in [-0.05, 0) is 28.9 Å². The Labute approximate surface area is 195 Å². The Balaban J connectivity index is 1.91. The molecule has 2 bridgehead atoms. The van der Waals surface area contributed by atoms with Crippen LogP contribution in [0.1, 0.15) is 0 Å². The van der Waals surface area contributed by atoms with Crippen LogP contribution >= 0.6 is 0 Å². The molecule has 4 aliphatic carbocycles. The average Bonchev–Trinajstić information content (AvgIpc) is 2.86. The molecular weight excluding hydrogens is 450 g/mol. The molecule has 0 aromatic carbocycles. The molecule has 5 aliphatic rings. The van der Waals surface area contributed by atoms with E-state index in [-0.39, 0.29) is 5.71 Å². The van der Waals surface area contributed by atoms with E-state index in [4.69, 9.17) is 23.7 Å². The highest BCUT2D eigenvalue weighted by molar-refractivity contribution is 6.44. The Hall–Kier alpha value is -3.50. The van der Waals surface area contributed by atoms with Crippen LogP contribution in [0.4, 0.5) is 0 Å². The van der Waals surface area contributed by atoms with Gasteiger partial charge in [-0.25, -0.2) is 9.59 Å². The summed E-state index contributed by atoms with van der Waals surface area (Å²) in [7, 11) is 5.99. The molecule has 34 heavy (non-hydrogen) atoms. The SMILES string of the molecule is COC(=O)C1=NC(C(=O)OC)C(C(=O)OC)C2=C1C1C3C=CC(C(C(=O)OC)C3C(=O)OC)C21. The molecule has 0 radical (unpaired) electrons. The summed E-state index contributed by atoms with van der Waals surface area (Å²) in [6, 6.07) is -1.36. The summed E-state index contributed by atoms with van der Waals surface area (Å²) in [6.45, 7) is 0. The fourth-order valence-electron chi connectivity index (χ4n) is 6.14. The monoisotopic (exact) mass is 475 g/mol. The van der Waals surface area contributed by atoms with Gasteiger partial charge in [-0.2, -0.15) is 0 Å². The number of methoxy groups -OCH3 is 5. The van der Waals surface area contributed by atoms with Gasteiger partial charge >= 0.3 is 29.8 Å². The van der Waals surface area contributed by atoms with Crippen molar-refractivity contribution in [1.82, 2.24) is 0 Å². The van der Waals surface area contributed by atoms with E-state index in [1.165, 1.54) is 28.4 Å². The Kier molecular flexibility index (Phi) is 6.05. The van der Waals surface area contributed by atoms with Gasteiger partial charge in [0.2, 0.25) is 0 Å². The smallest absolute Gasteiger partial charge is 0.356 e. The van der Waals surface area contributed by atoms with E-state index < -0.39 is 77.3 Å². The quantitative estimate of drug-likeness (QED) is 0.300. The highest BCUT2D eigenvalue weighted by Crippen LogP contribution is 2.65. The van der Waals surface area contributed by atoms with Crippen LogP contribution in [0.5, 0.6) is 0 Å². The average molecular weight is 475 g/mol. The molecule has 0 aromatic rings. The summed E-state index contributed by atoms with van der Waals surface area (Å²) in [5, 5.41) is 0. The lowest BCUT2D eigenvalue weighted by molar-refractivity contribution is -0.169. The zero-order valence-corrected chi connectivity index (χ0v) is 19.3. The Morgan fingerprint density at radius 3 is 1.65 bits per heavy atom. The predicted octanol–water partition coefficient (Wildman–Crippen LogP) is -0.118. The maximum Gasteiger partial charge on any atom is 0.356 e. The molecule has 182 valence electrons. The van der Waals surface area contributed by atoms with Crippen molar-refractivity contribution in [3.63, 3.8) is 0 Å². The number of allylic oxidation sites excluding steroid dienone is 2. The van der Waals surface area contributed by atoms with Crippen molar-refractivity contribution in [3.05, 3.63) is 23.3 Å². The summed E-state index contributed by atoms with van der Waals surface area (Å²) >= 11 is 0. The van der Waals surface area contributed by atoms with Crippen molar-refractivity contribution in [2.24, 2.45) is 46.4 Å². The first-order chi connectivity index (χ1) is 16.3. The number of aliphatic imine (C=N–C) groups is 1. The van der Waals surface area contributed by atoms with Crippen LogP contribution in [0.2, 0.25) is 0 Å². The molecule has 8 atom stereocenters. The first-order valence-corrected chi connectivity index (χ1v) is 10.7. The molecule has 1 fully saturated rings. The zero-order valence-electron chi connectivity index (χ0n) is 19.3. The third-order valence-electron chi connectivity index (χ3n) is 7.39. The van der Waals surface area contributed by atoms with Gasteiger partial charge in [-0.15, -0.1) is 0 Å². The second kappa shape index (κ2) is 8.69. The maximum absolute atomic E-state index is 12.9. The van der Waals surface area contributed by atoms with E-state index in [9.17, 15) is 24.0 Å². The van der Waals surface area contributed by atoms with Crippen molar-refractivity contribution in [2.45, 2.75) is 6.04 Å². The number of esters is 5. The molecule has 5 rings (SSSR count). The molecule has 8 unspecified atom stereocenters. The van der Waals surface area contributed by atoms with Gasteiger partial charge in [0.25, 0.3) is 0 Å². The van der Waals surface area contributed by atoms with Gasteiger partial charge in [0.05, 0.1) is 47.4 Å². The molecule has 11 nitrogen and oxygen atoms in total. The minimum Gasteiger partial charge on any atom is -0.469 e. The van der Waals surface area contributed by atoms with E-state index in [1.54, 1.807) is 0 Å². The van der Waals surface area contributed by atoms with Crippen molar-refractivity contribution < 1.29 is 47.7 Å². The van der Waals surface area contributed by atoms with E-state index in [0.717, 1.165) is 7.11 Å². The third-order valence-corrected chi connectivity index (χ3v) is 7.39. The lowest BCUT2D eigenvalue weighted by Gasteiger charge is -2.60. The lowest BCUT2D eigenvalue weighted by atomic mass is 9.42. The molecule has 0 N–H and O–H groups in total. The Morgan fingerprint density at radius 2 is 1.18 bits per heavy atom. The van der Waals surface area contributed by atoms with E-state index in [1.807, 2.05) is 12.2 Å². The molecule has 1 aliphatic heterocycles. The molecule has 0 spiro atoms. The van der Waals surface area contributed by atoms with Crippen LogP contribution in [-0.4, -0.2) is 77.1 Å². The summed E-state index contributed by atoms with van der Waals surface area (Å²) in [4.78, 5) is 68.0. The Bertz CT molecular complexity index is 1060. The Morgan fingerprint density at radius 1 is 0.676 bits per heavy atom.